The highest BCUT2D eigenvalue weighted by atomic mass is 19.1. The zero-order chi connectivity index (χ0) is 11.5. The predicted octanol–water partition coefficient (Wildman–Crippen LogP) is 2.66. The van der Waals surface area contributed by atoms with E-state index in [1.165, 1.54) is 18.2 Å². The topological polar surface area (TPSA) is 28.7 Å². The van der Waals surface area contributed by atoms with Gasteiger partial charge in [0.05, 0.1) is 5.69 Å². The second-order valence-electron chi connectivity index (χ2n) is 3.48. The third kappa shape index (κ3) is 1.96. The summed E-state index contributed by atoms with van der Waals surface area (Å²) in [5, 5.41) is 6.63. The Morgan fingerprint density at radius 2 is 1.94 bits per heavy atom. The number of benzene rings is 1. The normalized spacial score (nSPS) is 10.7. The van der Waals surface area contributed by atoms with Crippen molar-refractivity contribution in [1.29, 1.82) is 0 Å². The predicted molar refractivity (Wildman–Crippen MR) is 56.8 cm³/mol. The van der Waals surface area contributed by atoms with Crippen LogP contribution in [0.3, 0.4) is 0 Å². The molecule has 0 aliphatic carbocycles. The molecule has 0 atom stereocenters. The van der Waals surface area contributed by atoms with Gasteiger partial charge in [-0.15, -0.1) is 0 Å². The van der Waals surface area contributed by atoms with Gasteiger partial charge in [-0.3, -0.25) is 5.10 Å². The maximum absolute atomic E-state index is 13.4. The summed E-state index contributed by atoms with van der Waals surface area (Å²) in [5.41, 5.74) is 1.58. The number of hydrogen-bond acceptors (Lipinski definition) is 1. The highest BCUT2D eigenvalue weighted by Gasteiger charge is 2.12. The van der Waals surface area contributed by atoms with Crippen LogP contribution in [0.5, 0.6) is 0 Å². The summed E-state index contributed by atoms with van der Waals surface area (Å²) >= 11 is 0. The quantitative estimate of drug-likeness (QED) is 0.848. The van der Waals surface area contributed by atoms with Crippen LogP contribution in [0.15, 0.2) is 24.4 Å². The number of nitrogens with zero attached hydrogens (tertiary/aromatic N) is 1. The summed E-state index contributed by atoms with van der Waals surface area (Å²) in [6, 6.07) is 3.86. The Morgan fingerprint density at radius 1 is 1.25 bits per heavy atom. The Balaban J connectivity index is 2.34. The molecule has 1 heterocycles. The van der Waals surface area contributed by atoms with Crippen molar-refractivity contribution in [1.82, 2.24) is 10.2 Å². The van der Waals surface area contributed by atoms with Crippen LogP contribution >= 0.6 is 0 Å². The molecule has 1 aromatic carbocycles. The molecule has 0 saturated carbocycles. The summed E-state index contributed by atoms with van der Waals surface area (Å²) < 4.78 is 26.8. The monoisotopic (exact) mass is 221 g/mol. The van der Waals surface area contributed by atoms with Crippen LogP contribution < -0.4 is 0 Å². The maximum atomic E-state index is 13.4. The fourth-order valence-corrected chi connectivity index (χ4v) is 1.60. The van der Waals surface area contributed by atoms with Gasteiger partial charge in [-0.1, -0.05) is 6.07 Å². The van der Waals surface area contributed by atoms with E-state index in [4.69, 9.17) is 0 Å². The highest BCUT2D eigenvalue weighted by molar-refractivity contribution is 5.29. The molecule has 2 rings (SSSR count). The lowest BCUT2D eigenvalue weighted by Gasteiger charge is -2.04. The molecule has 0 unspecified atom stereocenters. The molecule has 0 aliphatic heterocycles. The Kier molecular flexibility index (Phi) is 2.99. The molecule has 2 aromatic rings. The van der Waals surface area contributed by atoms with Gasteiger partial charge in [-0.2, -0.15) is 5.10 Å². The van der Waals surface area contributed by atoms with Crippen molar-refractivity contribution in [3.05, 3.63) is 59.8 Å². The summed E-state index contributed by atoms with van der Waals surface area (Å²) in [6.07, 6.45) is 2.33. The van der Waals surface area contributed by atoms with E-state index in [0.717, 1.165) is 11.3 Å². The Bertz CT molecular complexity index is 471. The fourth-order valence-electron chi connectivity index (χ4n) is 1.60. The van der Waals surface area contributed by atoms with Gasteiger partial charge in [0.25, 0.3) is 0 Å². The third-order valence-electron chi connectivity index (χ3n) is 2.47. The minimum absolute atomic E-state index is 0.0681. The van der Waals surface area contributed by atoms with Crippen LogP contribution in [-0.2, 0) is 12.8 Å². The molecule has 0 amide bonds. The number of halogens is 2. The van der Waals surface area contributed by atoms with Crippen molar-refractivity contribution < 1.29 is 8.78 Å². The molecule has 1 aromatic heterocycles. The summed E-state index contributed by atoms with van der Waals surface area (Å²) in [5.74, 6) is -1.06. The zero-order valence-corrected chi connectivity index (χ0v) is 8.63. The average Bonchev–Trinajstić information content (AvgIpc) is 2.71. The number of hydrogen-bond donors (Lipinski definition) is 1. The minimum atomic E-state index is -0.531. The fraction of sp³-hybridized carbons (Fsp3) is 0.167. The molecule has 16 heavy (non-hydrogen) atoms. The molecule has 1 radical (unpaired) electrons. The molecule has 0 aliphatic rings. The van der Waals surface area contributed by atoms with E-state index in [2.05, 4.69) is 17.1 Å². The number of aromatic amines is 1. The van der Waals surface area contributed by atoms with Gasteiger partial charge in [0.1, 0.15) is 11.6 Å². The van der Waals surface area contributed by atoms with Crippen molar-refractivity contribution in [2.45, 2.75) is 12.8 Å². The molecule has 0 spiro atoms. The Morgan fingerprint density at radius 3 is 2.56 bits per heavy atom. The molecule has 2 nitrogen and oxygen atoms in total. The van der Waals surface area contributed by atoms with Crippen LogP contribution in [0.25, 0.3) is 0 Å². The van der Waals surface area contributed by atoms with Crippen molar-refractivity contribution in [2.75, 3.05) is 0 Å². The minimum Gasteiger partial charge on any atom is -0.285 e. The second kappa shape index (κ2) is 4.43. The standard InChI is InChI=1S/C12H11F2N2/c1-2-12-8(7-15-16-12)6-9-10(13)4-3-5-11(9)14/h3-5,7H,1-2,6H2,(H,15,16). The molecule has 0 bridgehead atoms. The van der Waals surface area contributed by atoms with E-state index in [0.29, 0.717) is 6.42 Å². The SMILES string of the molecule is [CH2]Cc1n[nH]cc1Cc1c(F)cccc1F. The van der Waals surface area contributed by atoms with Crippen LogP contribution in [0.2, 0.25) is 0 Å². The van der Waals surface area contributed by atoms with Crippen molar-refractivity contribution >= 4 is 0 Å². The van der Waals surface area contributed by atoms with Gasteiger partial charge in [-0.05, 0) is 31.0 Å². The first-order valence-corrected chi connectivity index (χ1v) is 4.96. The molecular formula is C12H11F2N2. The number of nitrogens with one attached hydrogen (secondary N) is 1. The third-order valence-corrected chi connectivity index (χ3v) is 2.47. The molecule has 4 heteroatoms. The lowest BCUT2D eigenvalue weighted by Crippen LogP contribution is -1.98. The van der Waals surface area contributed by atoms with Gasteiger partial charge in [-0.25, -0.2) is 8.78 Å². The first kappa shape index (κ1) is 10.8. The molecule has 1 N–H and O–H groups in total. The van der Waals surface area contributed by atoms with E-state index in [1.54, 1.807) is 6.20 Å². The van der Waals surface area contributed by atoms with E-state index in [-0.39, 0.29) is 12.0 Å². The van der Waals surface area contributed by atoms with Gasteiger partial charge in [0.2, 0.25) is 0 Å². The lowest BCUT2D eigenvalue weighted by molar-refractivity contribution is 0.561. The van der Waals surface area contributed by atoms with E-state index in [1.807, 2.05) is 0 Å². The molecule has 0 fully saturated rings. The van der Waals surface area contributed by atoms with Gasteiger partial charge in [0, 0.05) is 18.2 Å². The Hall–Kier alpha value is -1.71. The lowest BCUT2D eigenvalue weighted by atomic mass is 10.0. The highest BCUT2D eigenvalue weighted by Crippen LogP contribution is 2.18. The maximum Gasteiger partial charge on any atom is 0.129 e. The zero-order valence-electron chi connectivity index (χ0n) is 8.63. The van der Waals surface area contributed by atoms with Crippen LogP contribution in [-0.4, -0.2) is 10.2 Å². The number of H-pyrrole nitrogens is 1. The van der Waals surface area contributed by atoms with E-state index < -0.39 is 11.6 Å². The van der Waals surface area contributed by atoms with E-state index >= 15 is 0 Å². The largest absolute Gasteiger partial charge is 0.285 e. The molecule has 83 valence electrons. The first-order valence-electron chi connectivity index (χ1n) is 4.96. The van der Waals surface area contributed by atoms with Crippen molar-refractivity contribution in [2.24, 2.45) is 0 Å². The van der Waals surface area contributed by atoms with Crippen molar-refractivity contribution in [3.63, 3.8) is 0 Å². The van der Waals surface area contributed by atoms with Gasteiger partial charge in [0.15, 0.2) is 0 Å². The van der Waals surface area contributed by atoms with Gasteiger partial charge < -0.3 is 0 Å². The Labute approximate surface area is 92.3 Å². The van der Waals surface area contributed by atoms with Gasteiger partial charge >= 0.3 is 0 Å². The first-order chi connectivity index (χ1) is 7.72. The van der Waals surface area contributed by atoms with E-state index in [9.17, 15) is 8.78 Å². The smallest absolute Gasteiger partial charge is 0.129 e. The average molecular weight is 221 g/mol. The summed E-state index contributed by atoms with van der Waals surface area (Å²) in [6.45, 7) is 3.71. The number of rotatable bonds is 3. The summed E-state index contributed by atoms with van der Waals surface area (Å²) in [7, 11) is 0. The van der Waals surface area contributed by atoms with Crippen LogP contribution in [0.1, 0.15) is 16.8 Å². The summed E-state index contributed by atoms with van der Waals surface area (Å²) in [4.78, 5) is 0. The number of aromatic nitrogens is 2. The molecule has 0 saturated heterocycles. The van der Waals surface area contributed by atoms with Crippen molar-refractivity contribution in [3.8, 4) is 0 Å². The van der Waals surface area contributed by atoms with Crippen LogP contribution in [0, 0.1) is 18.6 Å². The van der Waals surface area contributed by atoms with Crippen LogP contribution in [0.4, 0.5) is 8.78 Å². The molecular weight excluding hydrogens is 210 g/mol. The second-order valence-corrected chi connectivity index (χ2v) is 3.48.